The quantitative estimate of drug-likeness (QED) is 0.780. The molecule has 0 aromatic carbocycles. The summed E-state index contributed by atoms with van der Waals surface area (Å²) in [5, 5.41) is 0.816. The summed E-state index contributed by atoms with van der Waals surface area (Å²) in [6.45, 7) is 1.09. The van der Waals surface area contributed by atoms with Gasteiger partial charge in [-0.2, -0.15) is 0 Å². The minimum atomic E-state index is -0.289. The van der Waals surface area contributed by atoms with Crippen molar-refractivity contribution in [3.63, 3.8) is 0 Å². The fourth-order valence-corrected chi connectivity index (χ4v) is 3.48. The Kier molecular flexibility index (Phi) is 4.24. The molecule has 1 fully saturated rings. The van der Waals surface area contributed by atoms with Gasteiger partial charge < -0.3 is 14.6 Å². The fourth-order valence-electron chi connectivity index (χ4n) is 3.48. The van der Waals surface area contributed by atoms with Gasteiger partial charge in [0.15, 0.2) is 0 Å². The molecule has 1 amide bonds. The average Bonchev–Trinajstić information content (AvgIpc) is 3.16. The Bertz CT molecular complexity index is 932. The number of hydrogen-bond acceptors (Lipinski definition) is 5. The van der Waals surface area contributed by atoms with Gasteiger partial charge in [-0.05, 0) is 24.8 Å². The van der Waals surface area contributed by atoms with E-state index >= 15 is 0 Å². The van der Waals surface area contributed by atoms with Crippen LogP contribution in [0.1, 0.15) is 34.8 Å². The normalized spacial score (nSPS) is 15.4. The Morgan fingerprint density at radius 1 is 1.23 bits per heavy atom. The van der Waals surface area contributed by atoms with Crippen LogP contribution in [0.4, 0.5) is 4.39 Å². The van der Waals surface area contributed by atoms with Gasteiger partial charge in [0.1, 0.15) is 17.2 Å². The smallest absolute Gasteiger partial charge is 0.274 e. The lowest BCUT2D eigenvalue weighted by Crippen LogP contribution is -2.38. The maximum absolute atomic E-state index is 14.4. The molecule has 1 aliphatic rings. The molecule has 1 N–H and O–H groups in total. The minimum absolute atomic E-state index is 0.0577. The van der Waals surface area contributed by atoms with Crippen molar-refractivity contribution in [2.75, 3.05) is 20.2 Å². The van der Waals surface area contributed by atoms with E-state index in [1.165, 1.54) is 25.7 Å². The molecule has 0 radical (unpaired) electrons. The molecule has 26 heavy (non-hydrogen) atoms. The molecule has 0 atom stereocenters. The molecule has 0 unspecified atom stereocenters. The van der Waals surface area contributed by atoms with Crippen molar-refractivity contribution in [3.8, 4) is 5.88 Å². The summed E-state index contributed by atoms with van der Waals surface area (Å²) in [6, 6.07) is 1.85. The lowest BCUT2D eigenvalue weighted by atomic mass is 9.88. The molecule has 0 saturated carbocycles. The van der Waals surface area contributed by atoms with Crippen LogP contribution in [0, 0.1) is 5.82 Å². The van der Waals surface area contributed by atoms with Crippen molar-refractivity contribution in [3.05, 3.63) is 47.9 Å². The number of carbonyl (C=O) groups is 1. The molecule has 8 heteroatoms. The number of halogens is 1. The van der Waals surface area contributed by atoms with Gasteiger partial charge in [-0.3, -0.25) is 4.79 Å². The van der Waals surface area contributed by atoms with Crippen molar-refractivity contribution in [1.82, 2.24) is 24.8 Å². The number of hydrogen-bond donors (Lipinski definition) is 1. The van der Waals surface area contributed by atoms with Crippen molar-refractivity contribution in [2.24, 2.45) is 0 Å². The predicted octanol–water partition coefficient (Wildman–Crippen LogP) is 2.52. The maximum atomic E-state index is 14.4. The molecule has 4 heterocycles. The molecule has 1 aliphatic heterocycles. The summed E-state index contributed by atoms with van der Waals surface area (Å²) < 4.78 is 19.3. The van der Waals surface area contributed by atoms with Crippen molar-refractivity contribution in [2.45, 2.75) is 18.8 Å². The lowest BCUT2D eigenvalue weighted by molar-refractivity contribution is 0.0706. The van der Waals surface area contributed by atoms with Gasteiger partial charge in [0, 0.05) is 30.2 Å². The zero-order valence-electron chi connectivity index (χ0n) is 14.3. The number of fused-ring (bicyclic) bond motifs is 1. The maximum Gasteiger partial charge on any atom is 0.274 e. The van der Waals surface area contributed by atoms with Crippen LogP contribution in [0.5, 0.6) is 5.88 Å². The van der Waals surface area contributed by atoms with Crippen LogP contribution < -0.4 is 4.74 Å². The van der Waals surface area contributed by atoms with Gasteiger partial charge in [0.2, 0.25) is 5.88 Å². The second-order valence-electron chi connectivity index (χ2n) is 6.27. The number of methoxy groups -OCH3 is 1. The number of H-pyrrole nitrogens is 1. The fraction of sp³-hybridized carbons (Fsp3) is 0.333. The molecular formula is C18H18FN5O2. The topological polar surface area (TPSA) is 84.0 Å². The third-order valence-corrected chi connectivity index (χ3v) is 4.83. The number of likely N-dealkylation sites (tertiary alicyclic amines) is 1. The Labute approximate surface area is 149 Å². The SMILES string of the molecule is COc1cnc(C(=O)N2CCC(c3c(F)cnc4[nH]ccc34)CC2)cn1. The predicted molar refractivity (Wildman–Crippen MR) is 92.5 cm³/mol. The van der Waals surface area contributed by atoms with Crippen LogP contribution in [-0.4, -0.2) is 50.9 Å². The lowest BCUT2D eigenvalue weighted by Gasteiger charge is -2.32. The average molecular weight is 355 g/mol. The van der Waals surface area contributed by atoms with Gasteiger partial charge >= 0.3 is 0 Å². The molecule has 0 spiro atoms. The van der Waals surface area contributed by atoms with E-state index in [0.717, 1.165) is 5.39 Å². The first-order chi connectivity index (χ1) is 12.7. The number of carbonyl (C=O) groups excluding carboxylic acids is 1. The number of aromatic nitrogens is 4. The zero-order valence-corrected chi connectivity index (χ0v) is 14.3. The Morgan fingerprint density at radius 3 is 2.73 bits per heavy atom. The van der Waals surface area contributed by atoms with Gasteiger partial charge in [-0.1, -0.05) is 0 Å². The van der Waals surface area contributed by atoms with Gasteiger partial charge in [-0.25, -0.2) is 19.3 Å². The second kappa shape index (κ2) is 6.70. The summed E-state index contributed by atoms with van der Waals surface area (Å²) in [6.07, 6.45) is 7.25. The van der Waals surface area contributed by atoms with Crippen LogP contribution >= 0.6 is 0 Å². The van der Waals surface area contributed by atoms with Crippen LogP contribution in [0.15, 0.2) is 30.9 Å². The highest BCUT2D eigenvalue weighted by Crippen LogP contribution is 2.34. The van der Waals surface area contributed by atoms with Crippen LogP contribution in [0.3, 0.4) is 0 Å². The first kappa shape index (κ1) is 16.4. The summed E-state index contributed by atoms with van der Waals surface area (Å²) in [4.78, 5) is 29.5. The first-order valence-electron chi connectivity index (χ1n) is 8.44. The van der Waals surface area contributed by atoms with Gasteiger partial charge in [-0.15, -0.1) is 0 Å². The number of amides is 1. The van der Waals surface area contributed by atoms with E-state index in [2.05, 4.69) is 19.9 Å². The van der Waals surface area contributed by atoms with E-state index in [-0.39, 0.29) is 23.3 Å². The number of nitrogens with one attached hydrogen (secondary N) is 1. The second-order valence-corrected chi connectivity index (χ2v) is 6.27. The number of ether oxygens (including phenoxy) is 1. The monoisotopic (exact) mass is 355 g/mol. The Morgan fingerprint density at radius 2 is 2.04 bits per heavy atom. The molecule has 4 rings (SSSR count). The third kappa shape index (κ3) is 2.87. The molecule has 0 aliphatic carbocycles. The number of nitrogens with zero attached hydrogens (tertiary/aromatic N) is 4. The van der Waals surface area contributed by atoms with E-state index in [9.17, 15) is 9.18 Å². The Balaban J connectivity index is 1.49. The zero-order chi connectivity index (χ0) is 18.1. The summed E-state index contributed by atoms with van der Waals surface area (Å²) in [5.74, 6) is -0.0327. The Hall–Kier alpha value is -3.03. The van der Waals surface area contributed by atoms with Gasteiger partial charge in [0.25, 0.3) is 5.91 Å². The molecule has 3 aromatic heterocycles. The van der Waals surface area contributed by atoms with Crippen LogP contribution in [-0.2, 0) is 0 Å². The summed E-state index contributed by atoms with van der Waals surface area (Å²) in [7, 11) is 1.50. The molecule has 7 nitrogen and oxygen atoms in total. The third-order valence-electron chi connectivity index (χ3n) is 4.83. The highest BCUT2D eigenvalue weighted by Gasteiger charge is 2.28. The van der Waals surface area contributed by atoms with Crippen molar-refractivity contribution in [1.29, 1.82) is 0 Å². The van der Waals surface area contributed by atoms with Crippen molar-refractivity contribution >= 4 is 16.9 Å². The number of piperidine rings is 1. The first-order valence-corrected chi connectivity index (χ1v) is 8.44. The van der Waals surface area contributed by atoms with Crippen molar-refractivity contribution < 1.29 is 13.9 Å². The molecule has 3 aromatic rings. The number of rotatable bonds is 3. The highest BCUT2D eigenvalue weighted by molar-refractivity contribution is 5.92. The van der Waals surface area contributed by atoms with Gasteiger partial charge in [0.05, 0.1) is 25.7 Å². The largest absolute Gasteiger partial charge is 0.480 e. The summed E-state index contributed by atoms with van der Waals surface area (Å²) >= 11 is 0. The molecule has 0 bridgehead atoms. The van der Waals surface area contributed by atoms with E-state index < -0.39 is 0 Å². The van der Waals surface area contributed by atoms with Crippen LogP contribution in [0.25, 0.3) is 11.0 Å². The number of pyridine rings is 1. The van der Waals surface area contributed by atoms with E-state index in [1.54, 1.807) is 11.1 Å². The summed E-state index contributed by atoms with van der Waals surface area (Å²) in [5.41, 5.74) is 1.66. The molecule has 1 saturated heterocycles. The van der Waals surface area contributed by atoms with E-state index in [0.29, 0.717) is 43.0 Å². The molecule has 134 valence electrons. The minimum Gasteiger partial charge on any atom is -0.480 e. The van der Waals surface area contributed by atoms with Crippen LogP contribution in [0.2, 0.25) is 0 Å². The van der Waals surface area contributed by atoms with E-state index in [1.807, 2.05) is 6.07 Å². The van der Waals surface area contributed by atoms with E-state index in [4.69, 9.17) is 4.74 Å². The standard InChI is InChI=1S/C18H18FN5O2/c1-26-15-10-21-14(9-22-15)18(25)24-6-3-11(4-7-24)16-12-2-5-20-17(12)23-8-13(16)19/h2,5,8-11H,3-4,6-7H2,1H3,(H,20,23). The highest BCUT2D eigenvalue weighted by atomic mass is 19.1. The number of aromatic amines is 1. The molecular weight excluding hydrogens is 337 g/mol.